The van der Waals surface area contributed by atoms with Crippen molar-refractivity contribution in [3.63, 3.8) is 0 Å². The van der Waals surface area contributed by atoms with E-state index in [9.17, 15) is 5.11 Å². The first-order valence-electron chi connectivity index (χ1n) is 10.4. The molecule has 34 heavy (non-hydrogen) atoms. The summed E-state index contributed by atoms with van der Waals surface area (Å²) in [6, 6.07) is 31.8. The molecule has 0 aliphatic rings. The predicted octanol–water partition coefficient (Wildman–Crippen LogP) is 5.93. The van der Waals surface area contributed by atoms with Gasteiger partial charge >= 0.3 is 6.01 Å². The van der Waals surface area contributed by atoms with Crippen LogP contribution in [0.5, 0.6) is 17.6 Å². The van der Waals surface area contributed by atoms with Crippen molar-refractivity contribution in [2.75, 3.05) is 0 Å². The van der Waals surface area contributed by atoms with Gasteiger partial charge in [0.25, 0.3) is 0 Å². The molecule has 168 valence electrons. The molecule has 0 amide bonds. The summed E-state index contributed by atoms with van der Waals surface area (Å²) in [4.78, 5) is 13.4. The van der Waals surface area contributed by atoms with Crippen LogP contribution in [0.3, 0.4) is 0 Å². The minimum atomic E-state index is -0.130. The van der Waals surface area contributed by atoms with Crippen LogP contribution in [0, 0.1) is 6.07 Å². The van der Waals surface area contributed by atoms with Gasteiger partial charge in [-0.3, -0.25) is 0 Å². The summed E-state index contributed by atoms with van der Waals surface area (Å²) in [7, 11) is 0. The number of rotatable bonds is 4. The van der Waals surface area contributed by atoms with E-state index in [1.165, 1.54) is 0 Å². The fraction of sp³-hybridized carbons (Fsp3) is 0. The SMILES string of the molecule is Oc1nc2ccccc2n1-c1nc(Oc2[c-]c(-c3ccccn3)ccc2)cc2ccccc12.[Pt]. The molecule has 6 rings (SSSR count). The number of pyridine rings is 2. The summed E-state index contributed by atoms with van der Waals surface area (Å²) in [6.07, 6.45) is 1.75. The number of fused-ring (bicyclic) bond motifs is 2. The molecule has 0 spiro atoms. The number of hydrogen-bond acceptors (Lipinski definition) is 5. The maximum atomic E-state index is 10.6. The third-order valence-electron chi connectivity index (χ3n) is 5.38. The van der Waals surface area contributed by atoms with Crippen molar-refractivity contribution in [3.8, 4) is 34.7 Å². The Morgan fingerprint density at radius 2 is 1.65 bits per heavy atom. The van der Waals surface area contributed by atoms with E-state index in [4.69, 9.17) is 9.72 Å². The third-order valence-corrected chi connectivity index (χ3v) is 5.38. The van der Waals surface area contributed by atoms with Crippen molar-refractivity contribution in [1.82, 2.24) is 19.5 Å². The van der Waals surface area contributed by atoms with E-state index >= 15 is 0 Å². The van der Waals surface area contributed by atoms with Gasteiger partial charge in [0.15, 0.2) is 5.82 Å². The predicted molar refractivity (Wildman–Crippen MR) is 127 cm³/mol. The Bertz CT molecular complexity index is 1620. The zero-order chi connectivity index (χ0) is 22.2. The fourth-order valence-corrected chi connectivity index (χ4v) is 3.89. The molecular formula is C27H17N4O2Pt-. The Labute approximate surface area is 209 Å². The summed E-state index contributed by atoms with van der Waals surface area (Å²) in [5.41, 5.74) is 3.08. The van der Waals surface area contributed by atoms with Gasteiger partial charge in [0.1, 0.15) is 0 Å². The van der Waals surface area contributed by atoms with Gasteiger partial charge in [-0.25, -0.2) is 4.57 Å². The van der Waals surface area contributed by atoms with Crippen molar-refractivity contribution < 1.29 is 30.9 Å². The van der Waals surface area contributed by atoms with E-state index in [2.05, 4.69) is 16.0 Å². The zero-order valence-corrected chi connectivity index (χ0v) is 20.0. The Morgan fingerprint density at radius 3 is 2.53 bits per heavy atom. The maximum Gasteiger partial charge on any atom is 0.300 e. The van der Waals surface area contributed by atoms with Crippen LogP contribution in [0.25, 0.3) is 38.9 Å². The standard InChI is InChI=1S/C27H17N4O2.Pt/c32-27-29-23-13-3-4-14-24(23)31(27)26-21-11-2-1-8-18(21)17-25(30-26)33-20-10-7-9-19(16-20)22-12-5-6-15-28-22;/h1-15,17H,(H,29,32);/q-1;. The van der Waals surface area contributed by atoms with Gasteiger partial charge in [-0.05, 0) is 29.3 Å². The minimum Gasteiger partial charge on any atom is -0.480 e. The number of para-hydroxylation sites is 2. The fourth-order valence-electron chi connectivity index (χ4n) is 3.89. The van der Waals surface area contributed by atoms with E-state index in [1.54, 1.807) is 10.8 Å². The average molecular weight is 625 g/mol. The van der Waals surface area contributed by atoms with Gasteiger partial charge in [-0.15, -0.1) is 23.8 Å². The first-order chi connectivity index (χ1) is 16.3. The van der Waals surface area contributed by atoms with E-state index in [1.807, 2.05) is 91.0 Å². The normalized spacial score (nSPS) is 10.8. The zero-order valence-electron chi connectivity index (χ0n) is 17.7. The van der Waals surface area contributed by atoms with Crippen LogP contribution in [-0.4, -0.2) is 24.6 Å². The quantitative estimate of drug-likeness (QED) is 0.246. The van der Waals surface area contributed by atoms with Gasteiger partial charge < -0.3 is 14.8 Å². The first kappa shape index (κ1) is 21.8. The van der Waals surface area contributed by atoms with Crippen molar-refractivity contribution in [3.05, 3.63) is 103 Å². The monoisotopic (exact) mass is 624 g/mol. The van der Waals surface area contributed by atoms with Crippen LogP contribution < -0.4 is 4.74 Å². The van der Waals surface area contributed by atoms with E-state index in [0.717, 1.165) is 27.5 Å². The molecule has 0 bridgehead atoms. The Kier molecular flexibility index (Phi) is 5.82. The first-order valence-corrected chi connectivity index (χ1v) is 10.4. The summed E-state index contributed by atoms with van der Waals surface area (Å²) >= 11 is 0. The summed E-state index contributed by atoms with van der Waals surface area (Å²) in [5.74, 6) is 1.44. The van der Waals surface area contributed by atoms with Crippen molar-refractivity contribution in [2.24, 2.45) is 0 Å². The largest absolute Gasteiger partial charge is 0.480 e. The number of imidazole rings is 1. The molecule has 6 nitrogen and oxygen atoms in total. The van der Waals surface area contributed by atoms with Gasteiger partial charge in [0, 0.05) is 44.5 Å². The van der Waals surface area contributed by atoms with Crippen LogP contribution in [-0.2, 0) is 21.1 Å². The number of benzene rings is 3. The summed E-state index contributed by atoms with van der Waals surface area (Å²) in [6.45, 7) is 0. The van der Waals surface area contributed by atoms with Crippen molar-refractivity contribution >= 4 is 21.8 Å². The van der Waals surface area contributed by atoms with E-state index in [-0.39, 0.29) is 27.1 Å². The number of ether oxygens (including phenoxy) is 1. The molecule has 0 saturated carbocycles. The summed E-state index contributed by atoms with van der Waals surface area (Å²) in [5, 5.41) is 12.4. The van der Waals surface area contributed by atoms with Gasteiger partial charge in [-0.2, -0.15) is 9.97 Å². The van der Waals surface area contributed by atoms with Crippen LogP contribution in [0.4, 0.5) is 0 Å². The Morgan fingerprint density at radius 1 is 0.824 bits per heavy atom. The van der Waals surface area contributed by atoms with Crippen LogP contribution in [0.2, 0.25) is 0 Å². The summed E-state index contributed by atoms with van der Waals surface area (Å²) < 4.78 is 7.77. The number of aromatic nitrogens is 4. The second kappa shape index (κ2) is 9.08. The second-order valence-corrected chi connectivity index (χ2v) is 7.49. The van der Waals surface area contributed by atoms with Gasteiger partial charge in [0.05, 0.1) is 11.0 Å². The molecule has 0 saturated heterocycles. The Hall–Kier alpha value is -4.02. The number of hydrogen-bond donors (Lipinski definition) is 1. The number of aromatic hydroxyl groups is 1. The molecule has 1 N–H and O–H groups in total. The molecule has 3 aromatic heterocycles. The molecule has 0 unspecified atom stereocenters. The van der Waals surface area contributed by atoms with Crippen LogP contribution in [0.15, 0.2) is 97.2 Å². The molecule has 3 aromatic carbocycles. The molecule has 0 aliphatic carbocycles. The Balaban J connectivity index is 0.00000241. The molecule has 6 aromatic rings. The van der Waals surface area contributed by atoms with Gasteiger partial charge in [0.2, 0.25) is 5.88 Å². The molecule has 0 fully saturated rings. The average Bonchev–Trinajstić information content (AvgIpc) is 3.20. The van der Waals surface area contributed by atoms with E-state index < -0.39 is 0 Å². The van der Waals surface area contributed by atoms with Crippen LogP contribution >= 0.6 is 0 Å². The minimum absolute atomic E-state index is 0. The maximum absolute atomic E-state index is 10.6. The molecule has 0 atom stereocenters. The van der Waals surface area contributed by atoms with Crippen molar-refractivity contribution in [1.29, 1.82) is 0 Å². The van der Waals surface area contributed by atoms with E-state index in [0.29, 0.717) is 23.0 Å². The molecule has 0 radical (unpaired) electrons. The second-order valence-electron chi connectivity index (χ2n) is 7.49. The van der Waals surface area contributed by atoms with Crippen molar-refractivity contribution in [2.45, 2.75) is 0 Å². The molecular weight excluding hydrogens is 607 g/mol. The van der Waals surface area contributed by atoms with Gasteiger partial charge in [-0.1, -0.05) is 54.6 Å². The third kappa shape index (κ3) is 3.93. The molecule has 0 aliphatic heterocycles. The van der Waals surface area contributed by atoms with Crippen LogP contribution in [0.1, 0.15) is 0 Å². The number of nitrogens with zero attached hydrogens (tertiary/aromatic N) is 4. The smallest absolute Gasteiger partial charge is 0.300 e. The topological polar surface area (TPSA) is 73.1 Å². The molecule has 3 heterocycles. The molecule has 7 heteroatoms.